The molecule has 0 unspecified atom stereocenters. The molecule has 4 nitrogen and oxygen atoms in total. The van der Waals surface area contributed by atoms with Crippen LogP contribution in [0, 0.1) is 16.1 Å². The molecule has 1 heterocycles. The topological polar surface area (TPSA) is 56.0 Å². The highest BCUT2D eigenvalue weighted by atomic mass is 79.9. The van der Waals surface area contributed by atoms with Crippen molar-refractivity contribution in [1.29, 1.82) is 0 Å². The number of hydrogen-bond donors (Lipinski definition) is 0. The lowest BCUT2D eigenvalue weighted by atomic mass is 10.1. The van der Waals surface area contributed by atoms with Crippen molar-refractivity contribution in [1.82, 2.24) is 4.98 Å². The summed E-state index contributed by atoms with van der Waals surface area (Å²) in [6.45, 7) is 0. The molecule has 0 bridgehead atoms. The Morgan fingerprint density at radius 3 is 2.60 bits per heavy atom. The Labute approximate surface area is 90.4 Å². The number of halogens is 4. The van der Waals surface area contributed by atoms with E-state index in [9.17, 15) is 23.3 Å². The SMILES string of the molecule is O=[N+]([O-])c1cnc(F)c(C(F)F)c1CBr. The lowest BCUT2D eigenvalue weighted by molar-refractivity contribution is -0.385. The number of alkyl halides is 3. The Hall–Kier alpha value is -1.18. The van der Waals surface area contributed by atoms with Crippen molar-refractivity contribution in [2.24, 2.45) is 0 Å². The van der Waals surface area contributed by atoms with Gasteiger partial charge in [-0.15, -0.1) is 0 Å². The quantitative estimate of drug-likeness (QED) is 0.371. The van der Waals surface area contributed by atoms with E-state index in [1.54, 1.807) is 0 Å². The van der Waals surface area contributed by atoms with Gasteiger partial charge in [-0.05, 0) is 0 Å². The second kappa shape index (κ2) is 4.56. The predicted octanol–water partition coefficient (Wildman–Crippen LogP) is 2.96. The molecule has 0 amide bonds. The van der Waals surface area contributed by atoms with Crippen LogP contribution in [0.15, 0.2) is 6.20 Å². The highest BCUT2D eigenvalue weighted by Gasteiger charge is 2.26. The second-order valence-electron chi connectivity index (χ2n) is 2.52. The van der Waals surface area contributed by atoms with Crippen molar-refractivity contribution >= 4 is 21.6 Å². The molecule has 0 saturated heterocycles. The average Bonchev–Trinajstić information content (AvgIpc) is 2.15. The van der Waals surface area contributed by atoms with Gasteiger partial charge in [-0.1, -0.05) is 15.9 Å². The van der Waals surface area contributed by atoms with Crippen molar-refractivity contribution in [3.8, 4) is 0 Å². The standard InChI is InChI=1S/C7H4BrF3N2O2/c8-1-3-4(13(14)15)2-12-7(11)5(3)6(9)10/h2,6H,1H2. The third kappa shape index (κ3) is 2.25. The molecule has 0 radical (unpaired) electrons. The van der Waals surface area contributed by atoms with Gasteiger partial charge in [0.2, 0.25) is 5.95 Å². The molecular formula is C7H4BrF3N2O2. The van der Waals surface area contributed by atoms with Gasteiger partial charge in [0.05, 0.1) is 16.1 Å². The largest absolute Gasteiger partial charge is 0.292 e. The van der Waals surface area contributed by atoms with Crippen LogP contribution in [0.3, 0.4) is 0 Å². The third-order valence-corrected chi connectivity index (χ3v) is 2.27. The number of nitro groups is 1. The molecule has 0 fully saturated rings. The molecule has 1 rings (SSSR count). The van der Waals surface area contributed by atoms with Crippen LogP contribution < -0.4 is 0 Å². The molecule has 8 heteroatoms. The van der Waals surface area contributed by atoms with Gasteiger partial charge in [0.15, 0.2) is 0 Å². The summed E-state index contributed by atoms with van der Waals surface area (Å²) in [5.74, 6) is -1.38. The van der Waals surface area contributed by atoms with Crippen molar-refractivity contribution in [3.63, 3.8) is 0 Å². The van der Waals surface area contributed by atoms with E-state index in [1.165, 1.54) is 0 Å². The third-order valence-electron chi connectivity index (χ3n) is 1.71. The first-order valence-electron chi connectivity index (χ1n) is 3.64. The summed E-state index contributed by atoms with van der Waals surface area (Å²) in [5, 5.41) is 10.2. The van der Waals surface area contributed by atoms with Gasteiger partial charge in [0.1, 0.15) is 6.20 Å². The molecule has 82 valence electrons. The van der Waals surface area contributed by atoms with E-state index in [2.05, 4.69) is 20.9 Å². The zero-order valence-corrected chi connectivity index (χ0v) is 8.67. The van der Waals surface area contributed by atoms with E-state index in [1.807, 2.05) is 0 Å². The van der Waals surface area contributed by atoms with Gasteiger partial charge in [0, 0.05) is 5.33 Å². The van der Waals surface area contributed by atoms with Gasteiger partial charge in [-0.2, -0.15) is 4.39 Å². The zero-order chi connectivity index (χ0) is 11.6. The smallest absolute Gasteiger partial charge is 0.258 e. The Morgan fingerprint density at radius 1 is 1.60 bits per heavy atom. The lowest BCUT2D eigenvalue weighted by Crippen LogP contribution is -2.04. The number of hydrogen-bond acceptors (Lipinski definition) is 3. The summed E-state index contributed by atoms with van der Waals surface area (Å²) in [7, 11) is 0. The maximum atomic E-state index is 12.9. The molecule has 0 aliphatic heterocycles. The van der Waals surface area contributed by atoms with E-state index >= 15 is 0 Å². The van der Waals surface area contributed by atoms with Crippen molar-refractivity contribution in [2.75, 3.05) is 0 Å². The van der Waals surface area contributed by atoms with Gasteiger partial charge in [-0.3, -0.25) is 10.1 Å². The predicted molar refractivity (Wildman–Crippen MR) is 48.4 cm³/mol. The molecular weight excluding hydrogens is 281 g/mol. The second-order valence-corrected chi connectivity index (χ2v) is 3.08. The Morgan fingerprint density at radius 2 is 2.20 bits per heavy atom. The molecule has 1 aromatic rings. The Bertz CT molecular complexity index is 400. The number of pyridine rings is 1. The van der Waals surface area contributed by atoms with Gasteiger partial charge < -0.3 is 0 Å². The van der Waals surface area contributed by atoms with Crippen LogP contribution in [0.2, 0.25) is 0 Å². The summed E-state index contributed by atoms with van der Waals surface area (Å²) >= 11 is 2.80. The Kier molecular flexibility index (Phi) is 3.61. The molecule has 15 heavy (non-hydrogen) atoms. The zero-order valence-electron chi connectivity index (χ0n) is 7.08. The van der Waals surface area contributed by atoms with Crippen LogP contribution in [-0.2, 0) is 5.33 Å². The van der Waals surface area contributed by atoms with Crippen molar-refractivity contribution in [3.05, 3.63) is 33.4 Å². The molecule has 0 saturated carbocycles. The minimum Gasteiger partial charge on any atom is -0.258 e. The normalized spacial score (nSPS) is 10.7. The summed E-state index contributed by atoms with van der Waals surface area (Å²) < 4.78 is 37.7. The lowest BCUT2D eigenvalue weighted by Gasteiger charge is -2.06. The maximum absolute atomic E-state index is 12.9. The van der Waals surface area contributed by atoms with Gasteiger partial charge >= 0.3 is 0 Å². The molecule has 1 aromatic heterocycles. The maximum Gasteiger partial charge on any atom is 0.292 e. The van der Waals surface area contributed by atoms with Crippen LogP contribution in [0.1, 0.15) is 17.6 Å². The fraction of sp³-hybridized carbons (Fsp3) is 0.286. The molecule has 0 atom stereocenters. The summed E-state index contributed by atoms with van der Waals surface area (Å²) in [4.78, 5) is 12.5. The summed E-state index contributed by atoms with van der Waals surface area (Å²) in [5.41, 5.74) is -2.04. The molecule has 0 spiro atoms. The van der Waals surface area contributed by atoms with E-state index < -0.39 is 28.5 Å². The van der Waals surface area contributed by atoms with Crippen molar-refractivity contribution in [2.45, 2.75) is 11.8 Å². The Balaban J connectivity index is 3.47. The minimum absolute atomic E-state index is 0.234. The summed E-state index contributed by atoms with van der Waals surface area (Å²) in [6.07, 6.45) is -2.51. The average molecular weight is 285 g/mol. The molecule has 0 N–H and O–H groups in total. The van der Waals surface area contributed by atoms with E-state index in [0.717, 1.165) is 0 Å². The monoisotopic (exact) mass is 284 g/mol. The molecule has 0 aliphatic carbocycles. The van der Waals surface area contributed by atoms with Gasteiger partial charge in [-0.25, -0.2) is 13.8 Å². The highest BCUT2D eigenvalue weighted by Crippen LogP contribution is 2.32. The van der Waals surface area contributed by atoms with Crippen LogP contribution in [0.5, 0.6) is 0 Å². The molecule has 0 aliphatic rings. The van der Waals surface area contributed by atoms with Gasteiger partial charge in [0.25, 0.3) is 12.1 Å². The van der Waals surface area contributed by atoms with E-state index in [-0.39, 0.29) is 10.9 Å². The first-order valence-corrected chi connectivity index (χ1v) is 4.77. The number of aromatic nitrogens is 1. The highest BCUT2D eigenvalue weighted by molar-refractivity contribution is 9.08. The van der Waals surface area contributed by atoms with Crippen molar-refractivity contribution < 1.29 is 18.1 Å². The number of nitrogens with zero attached hydrogens (tertiary/aromatic N) is 2. The first-order chi connectivity index (χ1) is 6.99. The fourth-order valence-electron chi connectivity index (χ4n) is 1.05. The minimum atomic E-state index is -3.13. The van der Waals surface area contributed by atoms with Crippen LogP contribution >= 0.6 is 15.9 Å². The molecule has 0 aromatic carbocycles. The summed E-state index contributed by atoms with van der Waals surface area (Å²) in [6, 6.07) is 0. The van der Waals surface area contributed by atoms with Crippen LogP contribution in [0.25, 0.3) is 0 Å². The first kappa shape index (κ1) is 11.9. The van der Waals surface area contributed by atoms with E-state index in [4.69, 9.17) is 0 Å². The fourth-order valence-corrected chi connectivity index (χ4v) is 1.64. The number of rotatable bonds is 3. The van der Waals surface area contributed by atoms with Crippen LogP contribution in [0.4, 0.5) is 18.9 Å². The van der Waals surface area contributed by atoms with E-state index in [0.29, 0.717) is 6.20 Å². The van der Waals surface area contributed by atoms with Crippen LogP contribution in [-0.4, -0.2) is 9.91 Å².